The number of aryl methyl sites for hydroxylation is 1. The predicted molar refractivity (Wildman–Crippen MR) is 118 cm³/mol. The van der Waals surface area contributed by atoms with Crippen LogP contribution in [-0.2, 0) is 11.2 Å². The van der Waals surface area contributed by atoms with Crippen molar-refractivity contribution in [3.63, 3.8) is 0 Å². The van der Waals surface area contributed by atoms with Crippen molar-refractivity contribution in [3.8, 4) is 11.1 Å². The summed E-state index contributed by atoms with van der Waals surface area (Å²) in [5.41, 5.74) is 5.43. The molecule has 7 nitrogen and oxygen atoms in total. The van der Waals surface area contributed by atoms with Gasteiger partial charge in [-0.3, -0.25) is 0 Å². The Morgan fingerprint density at radius 2 is 1.93 bits per heavy atom. The molecule has 1 fully saturated rings. The molecule has 4 heterocycles. The van der Waals surface area contributed by atoms with E-state index in [1.165, 1.54) is 5.69 Å². The van der Waals surface area contributed by atoms with Crippen LogP contribution >= 0.6 is 0 Å². The highest BCUT2D eigenvalue weighted by molar-refractivity contribution is 5.80. The van der Waals surface area contributed by atoms with Gasteiger partial charge < -0.3 is 14.5 Å². The van der Waals surface area contributed by atoms with E-state index in [-0.39, 0.29) is 0 Å². The fourth-order valence-electron chi connectivity index (χ4n) is 4.45. The van der Waals surface area contributed by atoms with Crippen LogP contribution in [-0.4, -0.2) is 42.7 Å². The van der Waals surface area contributed by atoms with Gasteiger partial charge in [0.25, 0.3) is 0 Å². The second-order valence-electron chi connectivity index (χ2n) is 7.96. The van der Waals surface area contributed by atoms with Gasteiger partial charge in [0.15, 0.2) is 0 Å². The van der Waals surface area contributed by atoms with E-state index in [1.54, 1.807) is 0 Å². The Bertz CT molecular complexity index is 1160. The molecule has 1 N–H and O–H groups in total. The van der Waals surface area contributed by atoms with E-state index in [2.05, 4.69) is 57.9 Å². The van der Waals surface area contributed by atoms with Gasteiger partial charge in [0.05, 0.1) is 17.8 Å². The third kappa shape index (κ3) is 3.54. The average Bonchev–Trinajstić information content (AvgIpc) is 3.38. The molecule has 0 bridgehead atoms. The van der Waals surface area contributed by atoms with Gasteiger partial charge in [0.1, 0.15) is 5.65 Å². The number of pyridine rings is 1. The van der Waals surface area contributed by atoms with Crippen LogP contribution in [0.5, 0.6) is 0 Å². The monoisotopic (exact) mass is 404 g/mol. The first-order valence-corrected chi connectivity index (χ1v) is 10.9. The molecule has 0 radical (unpaired) electrons. The standard InChI is InChI=1S/C23H28N6O/c1-3-18-13-24-22-10-5-16(15-28(18)22)20-11-12-29-21(20)14-25-23(27-29)26-17-6-8-19(9-7-17)30-4-2/h5,10-15,17,19H,3-4,6-9H2,1-2H3,(H,26,27). The van der Waals surface area contributed by atoms with Crippen LogP contribution < -0.4 is 5.32 Å². The van der Waals surface area contributed by atoms with Crippen molar-refractivity contribution >= 4 is 17.1 Å². The Morgan fingerprint density at radius 1 is 1.07 bits per heavy atom. The Labute approximate surface area is 176 Å². The molecule has 5 rings (SSSR count). The summed E-state index contributed by atoms with van der Waals surface area (Å²) in [6, 6.07) is 6.68. The summed E-state index contributed by atoms with van der Waals surface area (Å²) in [5, 5.41) is 8.21. The van der Waals surface area contributed by atoms with Crippen LogP contribution in [0, 0.1) is 0 Å². The number of rotatable bonds is 6. The molecule has 0 aliphatic heterocycles. The summed E-state index contributed by atoms with van der Waals surface area (Å²) in [6.07, 6.45) is 13.7. The van der Waals surface area contributed by atoms with Crippen molar-refractivity contribution in [2.45, 2.75) is 58.1 Å². The quantitative estimate of drug-likeness (QED) is 0.517. The number of anilines is 1. The smallest absolute Gasteiger partial charge is 0.241 e. The minimum atomic E-state index is 0.407. The molecule has 7 heteroatoms. The molecular weight excluding hydrogens is 376 g/mol. The normalized spacial score (nSPS) is 19.5. The van der Waals surface area contributed by atoms with E-state index >= 15 is 0 Å². The Balaban J connectivity index is 1.37. The van der Waals surface area contributed by atoms with Crippen LogP contribution in [0.3, 0.4) is 0 Å². The van der Waals surface area contributed by atoms with Crippen LogP contribution in [0.25, 0.3) is 22.3 Å². The summed E-state index contributed by atoms with van der Waals surface area (Å²) < 4.78 is 9.82. The highest BCUT2D eigenvalue weighted by Gasteiger charge is 2.22. The molecule has 4 aromatic heterocycles. The number of aromatic nitrogens is 5. The topological polar surface area (TPSA) is 68.8 Å². The average molecular weight is 405 g/mol. The SMILES string of the molecule is CCOC1CCC(Nc2ncc3c(-c4ccc5ncc(CC)n5c4)ccn3n2)CC1. The van der Waals surface area contributed by atoms with Crippen molar-refractivity contribution in [1.82, 2.24) is 24.0 Å². The van der Waals surface area contributed by atoms with E-state index in [9.17, 15) is 0 Å². The zero-order valence-electron chi connectivity index (χ0n) is 17.6. The van der Waals surface area contributed by atoms with Crippen molar-refractivity contribution in [1.29, 1.82) is 0 Å². The molecule has 156 valence electrons. The van der Waals surface area contributed by atoms with E-state index in [0.29, 0.717) is 18.1 Å². The highest BCUT2D eigenvalue weighted by Crippen LogP contribution is 2.27. The molecule has 1 saturated carbocycles. The number of fused-ring (bicyclic) bond motifs is 2. The maximum atomic E-state index is 5.75. The second kappa shape index (κ2) is 8.07. The minimum absolute atomic E-state index is 0.407. The van der Waals surface area contributed by atoms with Crippen molar-refractivity contribution in [2.75, 3.05) is 11.9 Å². The molecule has 30 heavy (non-hydrogen) atoms. The first-order valence-electron chi connectivity index (χ1n) is 10.9. The molecule has 0 saturated heterocycles. The summed E-state index contributed by atoms with van der Waals surface area (Å²) in [6.45, 7) is 5.01. The number of hydrogen-bond acceptors (Lipinski definition) is 5. The lowest BCUT2D eigenvalue weighted by Gasteiger charge is -2.28. The van der Waals surface area contributed by atoms with Gasteiger partial charge in [-0.15, -0.1) is 5.10 Å². The van der Waals surface area contributed by atoms with Gasteiger partial charge in [0.2, 0.25) is 5.95 Å². The van der Waals surface area contributed by atoms with Gasteiger partial charge in [-0.2, -0.15) is 0 Å². The summed E-state index contributed by atoms with van der Waals surface area (Å²) >= 11 is 0. The maximum absolute atomic E-state index is 5.75. The number of ether oxygens (including phenoxy) is 1. The lowest BCUT2D eigenvalue weighted by molar-refractivity contribution is 0.0346. The number of nitrogens with one attached hydrogen (secondary N) is 1. The van der Waals surface area contributed by atoms with E-state index in [0.717, 1.165) is 61.0 Å². The third-order valence-corrected chi connectivity index (χ3v) is 6.08. The van der Waals surface area contributed by atoms with Gasteiger partial charge >= 0.3 is 0 Å². The van der Waals surface area contributed by atoms with Crippen molar-refractivity contribution in [2.24, 2.45) is 0 Å². The zero-order chi connectivity index (χ0) is 20.5. The molecule has 1 aliphatic carbocycles. The van der Waals surface area contributed by atoms with E-state index in [4.69, 9.17) is 9.84 Å². The molecule has 0 amide bonds. The number of nitrogens with zero attached hydrogens (tertiary/aromatic N) is 5. The molecule has 4 aromatic rings. The minimum Gasteiger partial charge on any atom is -0.379 e. The third-order valence-electron chi connectivity index (χ3n) is 6.08. The zero-order valence-corrected chi connectivity index (χ0v) is 17.6. The fraction of sp³-hybridized carbons (Fsp3) is 0.435. The molecule has 1 aliphatic rings. The van der Waals surface area contributed by atoms with Crippen LogP contribution in [0.1, 0.15) is 45.2 Å². The second-order valence-corrected chi connectivity index (χ2v) is 7.96. The van der Waals surface area contributed by atoms with Gasteiger partial charge in [-0.25, -0.2) is 14.5 Å². The predicted octanol–water partition coefficient (Wildman–Crippen LogP) is 4.37. The fourth-order valence-corrected chi connectivity index (χ4v) is 4.45. The van der Waals surface area contributed by atoms with E-state index in [1.807, 2.05) is 23.1 Å². The summed E-state index contributed by atoms with van der Waals surface area (Å²) in [4.78, 5) is 9.08. The Hall–Kier alpha value is -2.93. The number of hydrogen-bond donors (Lipinski definition) is 1. The Morgan fingerprint density at radius 3 is 2.73 bits per heavy atom. The molecular formula is C23H28N6O. The van der Waals surface area contributed by atoms with Gasteiger partial charge in [-0.1, -0.05) is 6.92 Å². The molecule has 0 atom stereocenters. The highest BCUT2D eigenvalue weighted by atomic mass is 16.5. The molecule has 0 spiro atoms. The molecule has 0 aromatic carbocycles. The first kappa shape index (κ1) is 19.1. The summed E-state index contributed by atoms with van der Waals surface area (Å²) in [5.74, 6) is 0.683. The Kier molecular flexibility index (Phi) is 5.12. The lowest BCUT2D eigenvalue weighted by atomic mass is 9.93. The van der Waals surface area contributed by atoms with Crippen molar-refractivity contribution in [3.05, 3.63) is 48.7 Å². The molecule has 0 unspecified atom stereocenters. The lowest BCUT2D eigenvalue weighted by Crippen LogP contribution is -2.30. The number of imidazole rings is 1. The summed E-state index contributed by atoms with van der Waals surface area (Å²) in [7, 11) is 0. The van der Waals surface area contributed by atoms with E-state index < -0.39 is 0 Å². The maximum Gasteiger partial charge on any atom is 0.241 e. The first-order chi connectivity index (χ1) is 14.7. The van der Waals surface area contributed by atoms with Crippen LogP contribution in [0.15, 0.2) is 43.0 Å². The van der Waals surface area contributed by atoms with Gasteiger partial charge in [0, 0.05) is 48.1 Å². The van der Waals surface area contributed by atoms with Crippen LogP contribution in [0.2, 0.25) is 0 Å². The van der Waals surface area contributed by atoms with Crippen molar-refractivity contribution < 1.29 is 4.74 Å². The van der Waals surface area contributed by atoms with Gasteiger partial charge in [-0.05, 0) is 57.2 Å². The van der Waals surface area contributed by atoms with Crippen LogP contribution in [0.4, 0.5) is 5.95 Å². The largest absolute Gasteiger partial charge is 0.379 e.